The molecule has 4 rings (SSSR count). The van der Waals surface area contributed by atoms with Gasteiger partial charge in [0, 0.05) is 18.5 Å². The van der Waals surface area contributed by atoms with E-state index >= 15 is 0 Å². The van der Waals surface area contributed by atoms with Crippen molar-refractivity contribution >= 4 is 46.2 Å². The van der Waals surface area contributed by atoms with E-state index < -0.39 is 0 Å². The first kappa shape index (κ1) is 14.4. The molecule has 0 saturated carbocycles. The summed E-state index contributed by atoms with van der Waals surface area (Å²) in [4.78, 5) is 1.70. The van der Waals surface area contributed by atoms with Gasteiger partial charge in [-0.05, 0) is 36.3 Å². The van der Waals surface area contributed by atoms with Crippen LogP contribution in [-0.4, -0.2) is 30.8 Å². The van der Waals surface area contributed by atoms with E-state index in [1.165, 1.54) is 32.5 Å². The van der Waals surface area contributed by atoms with Gasteiger partial charge in [-0.3, -0.25) is 0 Å². The molecule has 0 aromatic heterocycles. The van der Waals surface area contributed by atoms with Gasteiger partial charge in [0.25, 0.3) is 0 Å². The second-order valence-corrected chi connectivity index (χ2v) is 6.85. The van der Waals surface area contributed by atoms with Gasteiger partial charge in [-0.1, -0.05) is 23.2 Å². The monoisotopic (exact) mass is 330 g/mol. The highest BCUT2D eigenvalue weighted by molar-refractivity contribution is 7.80. The molecule has 0 unspecified atom stereocenters. The number of fused-ring (bicyclic) bond motifs is 3. The van der Waals surface area contributed by atoms with Crippen molar-refractivity contribution in [2.45, 2.75) is 18.9 Å². The quantitative estimate of drug-likeness (QED) is 0.724. The van der Waals surface area contributed by atoms with Gasteiger partial charge < -0.3 is 15.5 Å². The number of piperidine rings is 3. The molecule has 3 aliphatic heterocycles. The highest BCUT2D eigenvalue weighted by Crippen LogP contribution is 2.25. The van der Waals surface area contributed by atoms with Gasteiger partial charge >= 0.3 is 0 Å². The molecule has 2 bridgehead atoms. The topological polar surface area (TPSA) is 28.5 Å². The van der Waals surface area contributed by atoms with Crippen molar-refractivity contribution in [3.8, 4) is 0 Å². The van der Waals surface area contributed by atoms with E-state index in [2.05, 4.69) is 10.6 Å². The normalized spacial score (nSPS) is 28.2. The van der Waals surface area contributed by atoms with Gasteiger partial charge in [0.1, 0.15) is 0 Å². The number of anilines is 1. The summed E-state index contributed by atoms with van der Waals surface area (Å²) in [5, 5.41) is 8.40. The van der Waals surface area contributed by atoms with E-state index in [4.69, 9.17) is 35.4 Å². The zero-order chi connectivity index (χ0) is 14.1. The maximum atomic E-state index is 6.00. The highest BCUT2D eigenvalue weighted by Gasteiger charge is 2.37. The first-order valence-corrected chi connectivity index (χ1v) is 8.14. The summed E-state index contributed by atoms with van der Waals surface area (Å²) in [6.07, 6.45) is 2.62. The van der Waals surface area contributed by atoms with Crippen molar-refractivity contribution in [1.29, 1.82) is 0 Å². The Bertz CT molecular complexity index is 515. The van der Waals surface area contributed by atoms with Gasteiger partial charge in [0.05, 0.1) is 35.7 Å². The van der Waals surface area contributed by atoms with Crippen molar-refractivity contribution in [1.82, 2.24) is 5.32 Å². The minimum Gasteiger partial charge on any atom is -0.354 e. The van der Waals surface area contributed by atoms with Crippen molar-refractivity contribution in [3.05, 3.63) is 28.2 Å². The van der Waals surface area contributed by atoms with Crippen LogP contribution in [0.4, 0.5) is 5.69 Å². The molecule has 1 atom stereocenters. The van der Waals surface area contributed by atoms with Crippen LogP contribution in [0.25, 0.3) is 0 Å². The molecular weight excluding hydrogens is 313 g/mol. The highest BCUT2D eigenvalue weighted by atomic mass is 35.5. The average molecular weight is 331 g/mol. The fraction of sp³-hybridized carbons (Fsp3) is 0.500. The Morgan fingerprint density at radius 3 is 2.55 bits per heavy atom. The van der Waals surface area contributed by atoms with Gasteiger partial charge in [-0.2, -0.15) is 0 Å². The predicted molar refractivity (Wildman–Crippen MR) is 87.9 cm³/mol. The molecule has 3 fully saturated rings. The second kappa shape index (κ2) is 6.06. The molecule has 0 radical (unpaired) electrons. The third kappa shape index (κ3) is 3.19. The molecule has 3 heterocycles. The lowest BCUT2D eigenvalue weighted by Crippen LogP contribution is -3.17. The van der Waals surface area contributed by atoms with Crippen molar-refractivity contribution in [2.24, 2.45) is 5.92 Å². The summed E-state index contributed by atoms with van der Waals surface area (Å²) < 4.78 is 0. The third-order valence-corrected chi connectivity index (χ3v) is 5.27. The molecule has 1 aromatic carbocycles. The van der Waals surface area contributed by atoms with Gasteiger partial charge in [0.15, 0.2) is 5.11 Å². The predicted octanol–water partition coefficient (Wildman–Crippen LogP) is 1.96. The molecule has 3 saturated heterocycles. The summed E-state index contributed by atoms with van der Waals surface area (Å²) in [7, 11) is 0. The summed E-state index contributed by atoms with van der Waals surface area (Å²) in [5.74, 6) is 0.765. The smallest absolute Gasteiger partial charge is 0.171 e. The van der Waals surface area contributed by atoms with Crippen LogP contribution in [0.3, 0.4) is 0 Å². The lowest BCUT2D eigenvalue weighted by Gasteiger charge is -2.42. The van der Waals surface area contributed by atoms with Gasteiger partial charge in [-0.15, -0.1) is 0 Å². The fourth-order valence-electron chi connectivity index (χ4n) is 3.21. The lowest BCUT2D eigenvalue weighted by molar-refractivity contribution is -0.917. The van der Waals surface area contributed by atoms with E-state index in [1.807, 2.05) is 6.07 Å². The number of hydrogen-bond acceptors (Lipinski definition) is 1. The maximum Gasteiger partial charge on any atom is 0.171 e. The summed E-state index contributed by atoms with van der Waals surface area (Å²) >= 11 is 17.3. The number of quaternary nitrogens is 1. The van der Waals surface area contributed by atoms with Crippen molar-refractivity contribution in [2.75, 3.05) is 25.0 Å². The minimum atomic E-state index is 0.496. The van der Waals surface area contributed by atoms with Crippen LogP contribution >= 0.6 is 35.4 Å². The summed E-state index contributed by atoms with van der Waals surface area (Å²) in [6.45, 7) is 3.81. The Morgan fingerprint density at radius 1 is 1.20 bits per heavy atom. The molecule has 3 N–H and O–H groups in total. The first-order valence-electron chi connectivity index (χ1n) is 6.98. The number of benzene rings is 1. The molecule has 0 aliphatic carbocycles. The Kier molecular flexibility index (Phi) is 4.36. The summed E-state index contributed by atoms with van der Waals surface area (Å²) in [5.41, 5.74) is 0.866. The number of halogens is 2. The third-order valence-electron chi connectivity index (χ3n) is 4.31. The number of thiocarbonyl (C=S) groups is 1. The largest absolute Gasteiger partial charge is 0.354 e. The molecule has 1 aromatic rings. The number of nitrogens with one attached hydrogen (secondary N) is 3. The Balaban J connectivity index is 1.58. The molecule has 0 amide bonds. The molecular formula is C14H18Cl2N3S+. The minimum absolute atomic E-state index is 0.496. The standard InChI is InChI=1S/C14H17Cl2N3S/c15-11-2-1-10(7-12(11)16)17-14(20)18-13-8-19-5-3-9(13)4-6-19/h1-2,7,9,13H,3-6,8H2,(H2,17,18,20)/p+1/t13-/m0/s1. The zero-order valence-corrected chi connectivity index (χ0v) is 13.4. The van der Waals surface area contributed by atoms with E-state index in [9.17, 15) is 0 Å². The van der Waals surface area contributed by atoms with E-state index in [1.54, 1.807) is 17.0 Å². The Labute approximate surface area is 134 Å². The van der Waals surface area contributed by atoms with Crippen LogP contribution in [0.5, 0.6) is 0 Å². The molecule has 20 heavy (non-hydrogen) atoms. The van der Waals surface area contributed by atoms with Crippen LogP contribution in [0.15, 0.2) is 18.2 Å². The molecule has 108 valence electrons. The lowest BCUT2D eigenvalue weighted by atomic mass is 9.84. The Hall–Kier alpha value is -0.550. The van der Waals surface area contributed by atoms with E-state index in [0.717, 1.165) is 11.6 Å². The number of rotatable bonds is 2. The average Bonchev–Trinajstić information content (AvgIpc) is 2.44. The van der Waals surface area contributed by atoms with Crippen LogP contribution in [-0.2, 0) is 0 Å². The van der Waals surface area contributed by atoms with Crippen LogP contribution < -0.4 is 15.5 Å². The van der Waals surface area contributed by atoms with E-state index in [0.29, 0.717) is 21.2 Å². The molecule has 6 heteroatoms. The SMILES string of the molecule is S=C(Nc1ccc(Cl)c(Cl)c1)N[C@H]1C[NH+]2CCC1CC2. The number of hydrogen-bond donors (Lipinski definition) is 3. The summed E-state index contributed by atoms with van der Waals surface area (Å²) in [6, 6.07) is 5.94. The van der Waals surface area contributed by atoms with Crippen molar-refractivity contribution < 1.29 is 4.90 Å². The van der Waals surface area contributed by atoms with Gasteiger partial charge in [0.2, 0.25) is 0 Å². The Morgan fingerprint density at radius 2 is 1.95 bits per heavy atom. The maximum absolute atomic E-state index is 6.00. The van der Waals surface area contributed by atoms with Crippen LogP contribution in [0.2, 0.25) is 10.0 Å². The van der Waals surface area contributed by atoms with Crippen LogP contribution in [0.1, 0.15) is 12.8 Å². The van der Waals surface area contributed by atoms with Gasteiger partial charge in [-0.25, -0.2) is 0 Å². The molecule has 3 aliphatic rings. The van der Waals surface area contributed by atoms with Crippen LogP contribution in [0, 0.1) is 5.92 Å². The van der Waals surface area contributed by atoms with E-state index in [-0.39, 0.29) is 0 Å². The zero-order valence-electron chi connectivity index (χ0n) is 11.1. The first-order chi connectivity index (χ1) is 9.61. The fourth-order valence-corrected chi connectivity index (χ4v) is 3.78. The molecule has 3 nitrogen and oxygen atoms in total. The molecule has 0 spiro atoms. The van der Waals surface area contributed by atoms with Crippen molar-refractivity contribution in [3.63, 3.8) is 0 Å². The second-order valence-electron chi connectivity index (χ2n) is 5.63.